The predicted octanol–water partition coefficient (Wildman–Crippen LogP) is 27.6. The smallest absolute Gasteiger partial charge is 0.187 e. The molecule has 0 radical (unpaired) electrons. The summed E-state index contributed by atoms with van der Waals surface area (Å²) in [6, 6.07) is 56.2. The van der Waals surface area contributed by atoms with E-state index in [2.05, 4.69) is 311 Å². The molecule has 0 amide bonds. The molecule has 0 unspecified atom stereocenters. The van der Waals surface area contributed by atoms with Crippen molar-refractivity contribution in [2.24, 2.45) is 54.1 Å². The molecule has 12 heteroatoms. The highest BCUT2D eigenvalue weighted by molar-refractivity contribution is 5.42. The van der Waals surface area contributed by atoms with E-state index in [9.17, 15) is 0 Å². The Morgan fingerprint density at radius 1 is 0.294 bits per heavy atom. The van der Waals surface area contributed by atoms with Gasteiger partial charge in [-0.1, -0.05) is 298 Å². The molecule has 0 bridgehead atoms. The van der Waals surface area contributed by atoms with Crippen LogP contribution < -0.4 is 27.5 Å². The SMILES string of the molecule is CC(C)(C)CCc1ccc(N)cc1.CC(C)(C)CCc1ccc(O)cc1.CC(C)(C)C[n+]1ccncc1.CC(C)(C)Cc1ccc(N)cc1.CC(C)(C)Cc1ccc(O)cc1.CC(C)(C)Cc1cccc(N)c1.CC(C)(C)Cc1ccnc(N)c1.CC(C)(C)Cc1ccncc1.CC(C)(C)Cc1ncc[nH]1.Cc1ccc(CCC(C)(C)C)cc1. The maximum Gasteiger partial charge on any atom is 0.187 e. The number of imidazole rings is 1. The number of nitrogens with zero attached hydrogens (tertiary/aromatic N) is 5. The molecule has 656 valence electrons. The van der Waals surface area contributed by atoms with Crippen LogP contribution in [-0.4, -0.2) is 35.1 Å². The minimum Gasteiger partial charge on any atom is -0.508 e. The van der Waals surface area contributed by atoms with Crippen molar-refractivity contribution in [3.63, 3.8) is 0 Å². The van der Waals surface area contributed by atoms with Gasteiger partial charge in [-0.05, 0) is 256 Å². The number of hydrogen-bond donors (Lipinski definition) is 7. The van der Waals surface area contributed by atoms with Crippen molar-refractivity contribution in [1.29, 1.82) is 0 Å². The van der Waals surface area contributed by atoms with Crippen LogP contribution in [0.5, 0.6) is 11.5 Å². The molecular formula is C107H167N10O2+. The summed E-state index contributed by atoms with van der Waals surface area (Å²) in [5.41, 5.74) is 40.7. The lowest BCUT2D eigenvalue weighted by Gasteiger charge is -2.18. The van der Waals surface area contributed by atoms with E-state index in [1.165, 1.54) is 75.8 Å². The van der Waals surface area contributed by atoms with Crippen molar-refractivity contribution in [1.82, 2.24) is 24.9 Å². The number of aromatic hydroxyl groups is 2. The largest absolute Gasteiger partial charge is 0.508 e. The van der Waals surface area contributed by atoms with Crippen molar-refractivity contribution in [3.05, 3.63) is 282 Å². The van der Waals surface area contributed by atoms with Crippen LogP contribution in [0.3, 0.4) is 0 Å². The molecule has 0 spiro atoms. The lowest BCUT2D eigenvalue weighted by molar-refractivity contribution is -0.708. The molecular weight excluding hydrogens is 1460 g/mol. The van der Waals surface area contributed by atoms with Gasteiger partial charge in [0, 0.05) is 59.9 Å². The average Bonchev–Trinajstić information content (AvgIpc) is 1.90. The number of aromatic amines is 1. The Morgan fingerprint density at radius 3 is 0.950 bits per heavy atom. The zero-order valence-corrected chi connectivity index (χ0v) is 80.5. The number of pyridine rings is 2. The quantitative estimate of drug-likeness (QED) is 0.0428. The van der Waals surface area contributed by atoms with Crippen LogP contribution in [0.1, 0.15) is 283 Å². The van der Waals surface area contributed by atoms with Crippen molar-refractivity contribution in [2.75, 3.05) is 22.9 Å². The van der Waals surface area contributed by atoms with Crippen LogP contribution in [0, 0.1) is 61.1 Å². The zero-order chi connectivity index (χ0) is 90.7. The highest BCUT2D eigenvalue weighted by Crippen LogP contribution is 2.29. The number of nitrogens with one attached hydrogen (secondary N) is 1. The highest BCUT2D eigenvalue weighted by Gasteiger charge is 2.19. The summed E-state index contributed by atoms with van der Waals surface area (Å²) in [6.45, 7) is 70.3. The second-order valence-electron chi connectivity index (χ2n) is 44.1. The second kappa shape index (κ2) is 51.4. The molecule has 0 atom stereocenters. The van der Waals surface area contributed by atoms with Gasteiger partial charge in [0.05, 0.1) is 12.4 Å². The fourth-order valence-corrected chi connectivity index (χ4v) is 11.7. The first-order valence-corrected chi connectivity index (χ1v) is 43.1. The van der Waals surface area contributed by atoms with Crippen LogP contribution in [0.2, 0.25) is 0 Å². The van der Waals surface area contributed by atoms with E-state index in [-0.39, 0.29) is 0 Å². The van der Waals surface area contributed by atoms with E-state index in [0.29, 0.717) is 71.5 Å². The molecule has 0 saturated carbocycles. The number of nitrogens with two attached hydrogens (primary N) is 4. The van der Waals surface area contributed by atoms with Crippen LogP contribution in [0.25, 0.3) is 0 Å². The monoisotopic (exact) mass is 1620 g/mol. The van der Waals surface area contributed by atoms with Crippen LogP contribution in [0.4, 0.5) is 22.9 Å². The molecule has 10 aromatic rings. The number of anilines is 4. The minimum absolute atomic E-state index is 0.313. The van der Waals surface area contributed by atoms with Crippen LogP contribution >= 0.6 is 0 Å². The third-order valence-corrected chi connectivity index (χ3v) is 17.3. The topological polar surface area (TPSA) is 216 Å². The Hall–Kier alpha value is -9.29. The van der Waals surface area contributed by atoms with E-state index < -0.39 is 0 Å². The van der Waals surface area contributed by atoms with Crippen molar-refractivity contribution in [2.45, 2.75) is 298 Å². The van der Waals surface area contributed by atoms with Gasteiger partial charge in [0.2, 0.25) is 0 Å². The lowest BCUT2D eigenvalue weighted by Crippen LogP contribution is -2.39. The summed E-state index contributed by atoms with van der Waals surface area (Å²) in [5.74, 6) is 2.37. The number of hydrogen-bond acceptors (Lipinski definition) is 10. The van der Waals surface area contributed by atoms with E-state index in [4.69, 9.17) is 33.1 Å². The van der Waals surface area contributed by atoms with Gasteiger partial charge in [0.1, 0.15) is 23.1 Å². The summed E-state index contributed by atoms with van der Waals surface area (Å²) in [5, 5.41) is 18.1. The minimum atomic E-state index is 0.313. The number of aromatic nitrogens is 6. The van der Waals surface area contributed by atoms with Crippen molar-refractivity contribution < 1.29 is 14.8 Å². The van der Waals surface area contributed by atoms with E-state index in [0.717, 1.165) is 80.8 Å². The number of nitrogen functional groups attached to an aromatic ring is 4. The lowest BCUT2D eigenvalue weighted by atomic mass is 9.88. The van der Waals surface area contributed by atoms with Gasteiger partial charge in [0.25, 0.3) is 0 Å². The molecule has 11 N–H and O–H groups in total. The number of H-pyrrole nitrogens is 1. The molecule has 0 aliphatic rings. The molecule has 4 heterocycles. The van der Waals surface area contributed by atoms with E-state index in [1.807, 2.05) is 122 Å². The first-order valence-electron chi connectivity index (χ1n) is 43.1. The molecule has 0 saturated heterocycles. The Bertz CT molecular complexity index is 3910. The van der Waals surface area contributed by atoms with E-state index in [1.54, 1.807) is 36.7 Å². The number of benzene rings is 6. The molecule has 0 aliphatic carbocycles. The Labute approximate surface area is 726 Å². The molecule has 0 fully saturated rings. The third kappa shape index (κ3) is 66.2. The van der Waals surface area contributed by atoms with Gasteiger partial charge < -0.3 is 38.1 Å². The summed E-state index contributed by atoms with van der Waals surface area (Å²) >= 11 is 0. The third-order valence-electron chi connectivity index (χ3n) is 17.3. The number of aryl methyl sites for hydroxylation is 4. The summed E-state index contributed by atoms with van der Waals surface area (Å²) < 4.78 is 2.15. The van der Waals surface area contributed by atoms with Gasteiger partial charge >= 0.3 is 0 Å². The van der Waals surface area contributed by atoms with Gasteiger partial charge in [-0.3, -0.25) is 9.97 Å². The van der Waals surface area contributed by atoms with Gasteiger partial charge in [-0.2, -0.15) is 0 Å². The maximum absolute atomic E-state index is 9.08. The fraction of sp³-hybridized carbons (Fsp3) is 0.505. The first-order chi connectivity index (χ1) is 54.5. The predicted molar refractivity (Wildman–Crippen MR) is 518 cm³/mol. The molecule has 12 nitrogen and oxygen atoms in total. The Balaban J connectivity index is 0.000000662. The molecule has 4 aromatic heterocycles. The van der Waals surface area contributed by atoms with Gasteiger partial charge in [-0.15, -0.1) is 0 Å². The zero-order valence-electron chi connectivity index (χ0n) is 80.5. The van der Waals surface area contributed by atoms with Gasteiger partial charge in [-0.25, -0.2) is 14.5 Å². The normalized spacial score (nSPS) is 11.6. The molecule has 0 aliphatic heterocycles. The fourth-order valence-electron chi connectivity index (χ4n) is 11.7. The highest BCUT2D eigenvalue weighted by atomic mass is 16.3. The summed E-state index contributed by atoms with van der Waals surface area (Å²) in [4.78, 5) is 19.1. The molecule has 6 aromatic carbocycles. The van der Waals surface area contributed by atoms with Crippen molar-refractivity contribution in [3.8, 4) is 11.5 Å². The molecule has 119 heavy (non-hydrogen) atoms. The van der Waals surface area contributed by atoms with Crippen LogP contribution in [-0.2, 0) is 64.3 Å². The van der Waals surface area contributed by atoms with Gasteiger partial charge in [0.15, 0.2) is 18.9 Å². The number of phenols is 2. The second-order valence-corrected chi connectivity index (χ2v) is 44.1. The Kier molecular flexibility index (Phi) is 46.5. The summed E-state index contributed by atoms with van der Waals surface area (Å²) in [7, 11) is 0. The average molecular weight is 1630 g/mol. The first kappa shape index (κ1) is 108. The number of phenolic OH excluding ortho intramolecular Hbond substituents is 2. The van der Waals surface area contributed by atoms with Crippen molar-refractivity contribution >= 4 is 22.9 Å². The maximum atomic E-state index is 9.08. The van der Waals surface area contributed by atoms with E-state index >= 15 is 0 Å². The molecule has 10 rings (SSSR count). The summed E-state index contributed by atoms with van der Waals surface area (Å²) in [6.07, 6.45) is 30.2. The Morgan fingerprint density at radius 2 is 0.613 bits per heavy atom. The van der Waals surface area contributed by atoms with Crippen LogP contribution in [0.15, 0.2) is 226 Å². The number of rotatable bonds is 13. The standard InChI is InChI=1S/C13H20.C12H19N.C12H18O.2C11H17N.C11H16O.C10H16N2.C10H15N.C9H15N2.C8H14N2/c1-11-5-7-12(8-6-11)9-10-13(2,3)4;2*1-12(2,3)9-8-10-4-6-11(13)7-5-10;1-11(2,3)8-9-4-6-10(12)7-5-9;1-11(2,3)8-9-5-4-6-10(12)7-9;1-11(2,3)8-9-4-6-10(12)7-5-9;1-10(2,3)7-8-4-5-12-9(11)6-8;1-10(2,3)8-9-4-6-11-7-5-9;1-9(2,3)8-11-6-4-10-5-7-11;1-8(2,3)6-7-9-4-5-10-7/h5-8H,9-10H2,1-4H3;4-7H,8-9,13H2,1-3H3;4-7,13H,8-9H2,1-3H3;2*4-7H,8,12H2,1-3H3;4-7,12H,8H2,1-3H3;4-6H,7H2,1-3H3,(H2,11,12);2*4-7H,8H2,1-3H3;4-5H,6H2,1-3H3,(H,9,10)/q;;;;;;;;+1;.